The van der Waals surface area contributed by atoms with Gasteiger partial charge in [0.2, 0.25) is 5.95 Å². The Bertz CT molecular complexity index is 1560. The molecule has 2 aromatic heterocycles. The molecular weight excluding hydrogens is 478 g/mol. The molecule has 0 bridgehead atoms. The number of fused-ring (bicyclic) bond motifs is 1. The number of benzene rings is 2. The number of aromatic nitrogens is 4. The van der Waals surface area contributed by atoms with Gasteiger partial charge in [-0.15, -0.1) is 0 Å². The number of nitrogen functional groups attached to an aromatic ring is 2. The number of nitrogens with zero attached hydrogens (tertiary/aromatic N) is 5. The van der Waals surface area contributed by atoms with E-state index in [9.17, 15) is 18.8 Å². The summed E-state index contributed by atoms with van der Waals surface area (Å²) in [6.07, 6.45) is 0. The number of nitriles is 1. The summed E-state index contributed by atoms with van der Waals surface area (Å²) in [5.74, 6) is -3.23. The second-order valence-corrected chi connectivity index (χ2v) is 8.26. The maximum Gasteiger partial charge on any atom is 0.270 e. The predicted molar refractivity (Wildman–Crippen MR) is 130 cm³/mol. The fourth-order valence-corrected chi connectivity index (χ4v) is 3.90. The van der Waals surface area contributed by atoms with E-state index in [1.807, 2.05) is 6.07 Å². The summed E-state index contributed by atoms with van der Waals surface area (Å²) in [7, 11) is 0. The largest absolute Gasteiger partial charge is 0.382 e. The van der Waals surface area contributed by atoms with Crippen molar-refractivity contribution in [3.8, 4) is 11.8 Å². The van der Waals surface area contributed by atoms with Crippen LogP contribution in [-0.4, -0.2) is 19.5 Å². The average molecular weight is 497 g/mol. The molecular formula is C23H19ClF2N8O. The van der Waals surface area contributed by atoms with Crippen molar-refractivity contribution in [3.05, 3.63) is 74.8 Å². The molecule has 2 aromatic carbocycles. The van der Waals surface area contributed by atoms with Crippen LogP contribution in [0.1, 0.15) is 36.8 Å². The van der Waals surface area contributed by atoms with Crippen LogP contribution >= 0.6 is 11.6 Å². The minimum Gasteiger partial charge on any atom is -0.382 e. The Balaban J connectivity index is 1.97. The second kappa shape index (κ2) is 8.81. The van der Waals surface area contributed by atoms with Crippen molar-refractivity contribution in [2.75, 3.05) is 16.8 Å². The number of nitrogens with one attached hydrogen (secondary N) is 1. The van der Waals surface area contributed by atoms with E-state index < -0.39 is 17.5 Å². The van der Waals surface area contributed by atoms with E-state index in [1.165, 1.54) is 28.8 Å². The van der Waals surface area contributed by atoms with Crippen molar-refractivity contribution in [3.63, 3.8) is 0 Å². The van der Waals surface area contributed by atoms with Crippen LogP contribution in [-0.2, 0) is 5.92 Å². The molecule has 35 heavy (non-hydrogen) atoms. The lowest BCUT2D eigenvalue weighted by molar-refractivity contribution is 0.0174. The number of halogens is 3. The maximum atomic E-state index is 14.1. The smallest absolute Gasteiger partial charge is 0.270 e. The lowest BCUT2D eigenvalue weighted by Gasteiger charge is -2.21. The van der Waals surface area contributed by atoms with Gasteiger partial charge in [-0.05, 0) is 31.2 Å². The standard InChI is InChI=1S/C23H19ClF2N8O/c1-11(30-19-14(10-27)18(28)32-22(29)33-19)20-31-16-8-4-7-15(24)17(16)21(35)34(20)13-6-3-5-12(9-13)23(2,25)26/h3-9,11H,1-2H3,(H5,28,29,30,32,33)/t11-/m0/s1. The average Bonchev–Trinajstić information content (AvgIpc) is 2.78. The summed E-state index contributed by atoms with van der Waals surface area (Å²) < 4.78 is 29.3. The highest BCUT2D eigenvalue weighted by Gasteiger charge is 2.26. The Labute approximate surface area is 203 Å². The molecule has 2 heterocycles. The quantitative estimate of drug-likeness (QED) is 0.373. The van der Waals surface area contributed by atoms with Crippen molar-refractivity contribution in [2.24, 2.45) is 0 Å². The van der Waals surface area contributed by atoms with Crippen molar-refractivity contribution >= 4 is 40.1 Å². The van der Waals surface area contributed by atoms with Crippen LogP contribution in [0.25, 0.3) is 16.6 Å². The summed E-state index contributed by atoms with van der Waals surface area (Å²) in [6, 6.07) is 11.4. The predicted octanol–water partition coefficient (Wildman–Crippen LogP) is 4.15. The molecule has 4 rings (SSSR count). The van der Waals surface area contributed by atoms with Gasteiger partial charge in [0, 0.05) is 12.5 Å². The van der Waals surface area contributed by atoms with Gasteiger partial charge >= 0.3 is 0 Å². The molecule has 5 N–H and O–H groups in total. The molecule has 0 aliphatic rings. The lowest BCUT2D eigenvalue weighted by atomic mass is 10.1. The zero-order valence-electron chi connectivity index (χ0n) is 18.6. The summed E-state index contributed by atoms with van der Waals surface area (Å²) in [5.41, 5.74) is 11.1. The fourth-order valence-electron chi connectivity index (χ4n) is 3.65. The van der Waals surface area contributed by atoms with Crippen LogP contribution in [0.15, 0.2) is 47.3 Å². The second-order valence-electron chi connectivity index (χ2n) is 7.85. The van der Waals surface area contributed by atoms with Gasteiger partial charge in [-0.1, -0.05) is 29.8 Å². The molecule has 9 nitrogen and oxygen atoms in total. The Morgan fingerprint density at radius 3 is 2.57 bits per heavy atom. The van der Waals surface area contributed by atoms with Crippen LogP contribution < -0.4 is 22.3 Å². The normalized spacial score (nSPS) is 12.3. The highest BCUT2D eigenvalue weighted by Crippen LogP contribution is 2.30. The number of nitrogens with two attached hydrogens (primary N) is 2. The van der Waals surface area contributed by atoms with Gasteiger partial charge in [0.1, 0.15) is 23.3 Å². The van der Waals surface area contributed by atoms with E-state index in [2.05, 4.69) is 20.3 Å². The van der Waals surface area contributed by atoms with Crippen LogP contribution in [0.5, 0.6) is 0 Å². The molecule has 0 aliphatic heterocycles. The fraction of sp³-hybridized carbons (Fsp3) is 0.174. The molecule has 0 saturated heterocycles. The molecule has 0 radical (unpaired) electrons. The third-order valence-electron chi connectivity index (χ3n) is 5.29. The summed E-state index contributed by atoms with van der Waals surface area (Å²) in [4.78, 5) is 26.0. The molecule has 12 heteroatoms. The number of anilines is 3. The Morgan fingerprint density at radius 2 is 1.89 bits per heavy atom. The first-order valence-corrected chi connectivity index (χ1v) is 10.7. The molecule has 0 amide bonds. The van der Waals surface area contributed by atoms with Crippen molar-refractivity contribution in [1.82, 2.24) is 19.5 Å². The number of rotatable bonds is 5. The Hall–Kier alpha value is -4.30. The van der Waals surface area contributed by atoms with E-state index in [4.69, 9.17) is 23.1 Å². The van der Waals surface area contributed by atoms with Crippen LogP contribution in [0.2, 0.25) is 5.02 Å². The van der Waals surface area contributed by atoms with Crippen molar-refractivity contribution in [1.29, 1.82) is 5.26 Å². The molecule has 0 aliphatic carbocycles. The van der Waals surface area contributed by atoms with Gasteiger partial charge in [0.25, 0.3) is 11.5 Å². The zero-order chi connectivity index (χ0) is 25.5. The third-order valence-corrected chi connectivity index (χ3v) is 5.61. The van der Waals surface area contributed by atoms with Gasteiger partial charge in [-0.25, -0.2) is 13.8 Å². The number of alkyl halides is 2. The summed E-state index contributed by atoms with van der Waals surface area (Å²) in [5, 5.41) is 12.8. The number of hydrogen-bond donors (Lipinski definition) is 3. The first kappa shape index (κ1) is 23.8. The van der Waals surface area contributed by atoms with Gasteiger partial charge < -0.3 is 16.8 Å². The minimum absolute atomic E-state index is 0.0332. The Morgan fingerprint density at radius 1 is 1.17 bits per heavy atom. The lowest BCUT2D eigenvalue weighted by Crippen LogP contribution is -2.28. The van der Waals surface area contributed by atoms with E-state index in [0.29, 0.717) is 5.52 Å². The third kappa shape index (κ3) is 4.43. The molecule has 1 atom stereocenters. The SMILES string of the molecule is C[C@H](Nc1nc(N)nc(N)c1C#N)c1nc2cccc(Cl)c2c(=O)n1-c1cccc(C(C)(F)F)c1. The van der Waals surface area contributed by atoms with Gasteiger partial charge in [-0.3, -0.25) is 9.36 Å². The first-order valence-electron chi connectivity index (χ1n) is 10.3. The van der Waals surface area contributed by atoms with Crippen molar-refractivity contribution < 1.29 is 8.78 Å². The minimum atomic E-state index is -3.14. The van der Waals surface area contributed by atoms with Crippen LogP contribution in [0, 0.1) is 11.3 Å². The Kier molecular flexibility index (Phi) is 6.00. The van der Waals surface area contributed by atoms with Crippen LogP contribution in [0.4, 0.5) is 26.4 Å². The molecule has 0 saturated carbocycles. The molecule has 178 valence electrons. The summed E-state index contributed by atoms with van der Waals surface area (Å²) >= 11 is 6.29. The van der Waals surface area contributed by atoms with E-state index >= 15 is 0 Å². The molecule has 0 unspecified atom stereocenters. The highest BCUT2D eigenvalue weighted by atomic mass is 35.5. The summed E-state index contributed by atoms with van der Waals surface area (Å²) in [6.45, 7) is 2.42. The monoisotopic (exact) mass is 496 g/mol. The van der Waals surface area contributed by atoms with Crippen LogP contribution in [0.3, 0.4) is 0 Å². The highest BCUT2D eigenvalue weighted by molar-refractivity contribution is 6.35. The van der Waals surface area contributed by atoms with E-state index in [0.717, 1.165) is 6.92 Å². The first-order chi connectivity index (χ1) is 16.5. The van der Waals surface area contributed by atoms with E-state index in [1.54, 1.807) is 25.1 Å². The molecule has 0 fully saturated rings. The van der Waals surface area contributed by atoms with E-state index in [-0.39, 0.29) is 50.6 Å². The van der Waals surface area contributed by atoms with Gasteiger partial charge in [0.15, 0.2) is 5.82 Å². The van der Waals surface area contributed by atoms with Gasteiger partial charge in [0.05, 0.1) is 27.7 Å². The number of hydrogen-bond acceptors (Lipinski definition) is 8. The molecule has 0 spiro atoms. The maximum absolute atomic E-state index is 14.1. The molecule has 4 aromatic rings. The topological polar surface area (TPSA) is 149 Å². The van der Waals surface area contributed by atoms with Gasteiger partial charge in [-0.2, -0.15) is 15.2 Å². The van der Waals surface area contributed by atoms with Crippen molar-refractivity contribution in [2.45, 2.75) is 25.8 Å². The zero-order valence-corrected chi connectivity index (χ0v) is 19.3.